The summed E-state index contributed by atoms with van der Waals surface area (Å²) in [5, 5.41) is 10.0. The second-order valence-electron chi connectivity index (χ2n) is 6.25. The SMILES string of the molecule is Cc1cc(C(=O)N(Cc2ccccc2)C(C)C(C)C)c(O)cn1. The average molecular weight is 312 g/mol. The number of carbonyl (C=O) groups is 1. The number of rotatable bonds is 5. The molecule has 0 aliphatic carbocycles. The van der Waals surface area contributed by atoms with E-state index in [0.717, 1.165) is 5.56 Å². The smallest absolute Gasteiger partial charge is 0.258 e. The molecular weight excluding hydrogens is 288 g/mol. The van der Waals surface area contributed by atoms with Crippen LogP contribution >= 0.6 is 0 Å². The van der Waals surface area contributed by atoms with Crippen LogP contribution in [0.3, 0.4) is 0 Å². The fourth-order valence-electron chi connectivity index (χ4n) is 2.42. The number of hydrogen-bond donors (Lipinski definition) is 1. The van der Waals surface area contributed by atoms with Crippen LogP contribution in [0.4, 0.5) is 0 Å². The molecule has 0 spiro atoms. The van der Waals surface area contributed by atoms with Crippen molar-refractivity contribution in [3.05, 3.63) is 59.4 Å². The van der Waals surface area contributed by atoms with Gasteiger partial charge >= 0.3 is 0 Å². The lowest BCUT2D eigenvalue weighted by Gasteiger charge is -2.32. The standard InChI is InChI=1S/C19H24N2O2/c1-13(2)15(4)21(12-16-8-6-5-7-9-16)19(23)17-10-14(3)20-11-18(17)22/h5-11,13,15,22H,12H2,1-4H3. The van der Waals surface area contributed by atoms with Gasteiger partial charge in [-0.2, -0.15) is 0 Å². The van der Waals surface area contributed by atoms with Gasteiger partial charge in [-0.25, -0.2) is 0 Å². The van der Waals surface area contributed by atoms with Gasteiger partial charge in [-0.05, 0) is 31.4 Å². The zero-order valence-electron chi connectivity index (χ0n) is 14.2. The van der Waals surface area contributed by atoms with Crippen molar-refractivity contribution in [2.45, 2.75) is 40.3 Å². The Bertz CT molecular complexity index is 668. The maximum Gasteiger partial charge on any atom is 0.258 e. The van der Waals surface area contributed by atoms with Crippen molar-refractivity contribution in [2.75, 3.05) is 0 Å². The van der Waals surface area contributed by atoms with E-state index in [0.29, 0.717) is 23.7 Å². The van der Waals surface area contributed by atoms with Gasteiger partial charge in [0.1, 0.15) is 5.75 Å². The molecule has 1 atom stereocenters. The number of hydrogen-bond acceptors (Lipinski definition) is 3. The molecule has 0 aliphatic rings. The average Bonchev–Trinajstić information content (AvgIpc) is 2.54. The molecule has 2 aromatic rings. The van der Waals surface area contributed by atoms with Crippen LogP contribution in [-0.2, 0) is 6.54 Å². The van der Waals surface area contributed by atoms with Crippen molar-refractivity contribution < 1.29 is 9.90 Å². The van der Waals surface area contributed by atoms with Gasteiger partial charge in [-0.1, -0.05) is 44.2 Å². The van der Waals surface area contributed by atoms with Crippen LogP contribution < -0.4 is 0 Å². The molecule has 0 fully saturated rings. The number of amides is 1. The van der Waals surface area contributed by atoms with Crippen molar-refractivity contribution in [1.29, 1.82) is 0 Å². The minimum atomic E-state index is -0.168. The van der Waals surface area contributed by atoms with Crippen molar-refractivity contribution in [2.24, 2.45) is 5.92 Å². The Morgan fingerprint density at radius 1 is 1.22 bits per heavy atom. The highest BCUT2D eigenvalue weighted by molar-refractivity contribution is 5.97. The van der Waals surface area contributed by atoms with Gasteiger partial charge in [0.25, 0.3) is 5.91 Å². The van der Waals surface area contributed by atoms with E-state index in [2.05, 4.69) is 18.8 Å². The monoisotopic (exact) mass is 312 g/mol. The molecule has 4 nitrogen and oxygen atoms in total. The largest absolute Gasteiger partial charge is 0.505 e. The van der Waals surface area contributed by atoms with Gasteiger partial charge < -0.3 is 10.0 Å². The number of benzene rings is 1. The quantitative estimate of drug-likeness (QED) is 0.914. The molecule has 4 heteroatoms. The van der Waals surface area contributed by atoms with E-state index in [1.165, 1.54) is 6.20 Å². The van der Waals surface area contributed by atoms with Crippen LogP contribution in [0, 0.1) is 12.8 Å². The summed E-state index contributed by atoms with van der Waals surface area (Å²) < 4.78 is 0. The Morgan fingerprint density at radius 2 is 1.87 bits per heavy atom. The highest BCUT2D eigenvalue weighted by atomic mass is 16.3. The summed E-state index contributed by atoms with van der Waals surface area (Å²) in [4.78, 5) is 18.8. The highest BCUT2D eigenvalue weighted by Crippen LogP contribution is 2.23. The molecule has 0 saturated heterocycles. The van der Waals surface area contributed by atoms with E-state index < -0.39 is 0 Å². The molecule has 1 amide bonds. The Morgan fingerprint density at radius 3 is 2.48 bits per heavy atom. The fourth-order valence-corrected chi connectivity index (χ4v) is 2.42. The number of aromatic nitrogens is 1. The maximum atomic E-state index is 13.0. The first-order valence-electron chi connectivity index (χ1n) is 7.90. The van der Waals surface area contributed by atoms with Crippen LogP contribution in [0.5, 0.6) is 5.75 Å². The molecule has 0 radical (unpaired) electrons. The van der Waals surface area contributed by atoms with E-state index in [4.69, 9.17) is 0 Å². The third-order valence-corrected chi connectivity index (χ3v) is 4.16. The third kappa shape index (κ3) is 4.09. The van der Waals surface area contributed by atoms with E-state index >= 15 is 0 Å². The zero-order chi connectivity index (χ0) is 17.0. The van der Waals surface area contributed by atoms with Gasteiger partial charge in [-0.15, -0.1) is 0 Å². The number of nitrogens with zero attached hydrogens (tertiary/aromatic N) is 2. The van der Waals surface area contributed by atoms with Crippen molar-refractivity contribution in [1.82, 2.24) is 9.88 Å². The summed E-state index contributed by atoms with van der Waals surface area (Å²) in [6.45, 7) is 8.54. The Kier molecular flexibility index (Phi) is 5.37. The summed E-state index contributed by atoms with van der Waals surface area (Å²) >= 11 is 0. The van der Waals surface area contributed by atoms with Crippen LogP contribution in [0.15, 0.2) is 42.6 Å². The topological polar surface area (TPSA) is 53.4 Å². The number of pyridine rings is 1. The molecule has 1 heterocycles. The molecule has 1 aromatic heterocycles. The molecule has 0 saturated carbocycles. The number of aromatic hydroxyl groups is 1. The first-order chi connectivity index (χ1) is 10.9. The predicted octanol–water partition coefficient (Wildman–Crippen LogP) is 3.78. The van der Waals surface area contributed by atoms with E-state index in [-0.39, 0.29) is 17.7 Å². The summed E-state index contributed by atoms with van der Waals surface area (Å²) in [5.74, 6) is 0.0698. The molecule has 1 aromatic carbocycles. The lowest BCUT2D eigenvalue weighted by Crippen LogP contribution is -2.41. The number of aryl methyl sites for hydroxylation is 1. The van der Waals surface area contributed by atoms with E-state index in [1.807, 2.05) is 49.1 Å². The maximum absolute atomic E-state index is 13.0. The third-order valence-electron chi connectivity index (χ3n) is 4.16. The molecule has 122 valence electrons. The molecule has 0 bridgehead atoms. The number of carbonyl (C=O) groups excluding carboxylic acids is 1. The van der Waals surface area contributed by atoms with Gasteiger partial charge in [0, 0.05) is 18.3 Å². The van der Waals surface area contributed by atoms with Crippen molar-refractivity contribution in [3.63, 3.8) is 0 Å². The second kappa shape index (κ2) is 7.27. The normalized spacial score (nSPS) is 12.2. The molecule has 1 N–H and O–H groups in total. The van der Waals surface area contributed by atoms with Crippen LogP contribution in [-0.4, -0.2) is 26.9 Å². The second-order valence-corrected chi connectivity index (χ2v) is 6.25. The Balaban J connectivity index is 2.36. The first-order valence-corrected chi connectivity index (χ1v) is 7.90. The zero-order valence-corrected chi connectivity index (χ0v) is 14.2. The molecule has 23 heavy (non-hydrogen) atoms. The summed E-state index contributed by atoms with van der Waals surface area (Å²) in [6, 6.07) is 11.6. The van der Waals surface area contributed by atoms with Gasteiger partial charge in [-0.3, -0.25) is 9.78 Å². The van der Waals surface area contributed by atoms with E-state index in [1.54, 1.807) is 6.07 Å². The molecule has 2 rings (SSSR count). The van der Waals surface area contributed by atoms with Crippen LogP contribution in [0.25, 0.3) is 0 Å². The van der Waals surface area contributed by atoms with Crippen molar-refractivity contribution >= 4 is 5.91 Å². The lowest BCUT2D eigenvalue weighted by molar-refractivity contribution is 0.0624. The van der Waals surface area contributed by atoms with Gasteiger partial charge in [0.05, 0.1) is 11.8 Å². The predicted molar refractivity (Wildman–Crippen MR) is 91.3 cm³/mol. The minimum Gasteiger partial charge on any atom is -0.505 e. The van der Waals surface area contributed by atoms with Gasteiger partial charge in [0.15, 0.2) is 0 Å². The molecule has 0 aliphatic heterocycles. The van der Waals surface area contributed by atoms with E-state index in [9.17, 15) is 9.90 Å². The molecule has 1 unspecified atom stereocenters. The Hall–Kier alpha value is -2.36. The lowest BCUT2D eigenvalue weighted by atomic mass is 10.0. The minimum absolute atomic E-state index is 0.0515. The first kappa shape index (κ1) is 17.0. The van der Waals surface area contributed by atoms with Crippen molar-refractivity contribution in [3.8, 4) is 5.75 Å². The summed E-state index contributed by atoms with van der Waals surface area (Å²) in [6.07, 6.45) is 1.34. The molecular formula is C19H24N2O2. The Labute approximate surface area is 137 Å². The van der Waals surface area contributed by atoms with Crippen LogP contribution in [0.2, 0.25) is 0 Å². The fraction of sp³-hybridized carbons (Fsp3) is 0.368. The van der Waals surface area contributed by atoms with Gasteiger partial charge in [0.2, 0.25) is 0 Å². The highest BCUT2D eigenvalue weighted by Gasteiger charge is 2.26. The summed E-state index contributed by atoms with van der Waals surface area (Å²) in [5.41, 5.74) is 2.09. The van der Waals surface area contributed by atoms with Crippen LogP contribution in [0.1, 0.15) is 42.4 Å². The summed E-state index contributed by atoms with van der Waals surface area (Å²) in [7, 11) is 0.